The van der Waals surface area contributed by atoms with Crippen LogP contribution in [0.4, 0.5) is 16.3 Å². The van der Waals surface area contributed by atoms with Crippen molar-refractivity contribution in [3.05, 3.63) is 101 Å². The summed E-state index contributed by atoms with van der Waals surface area (Å²) in [6, 6.07) is 25.4. The van der Waals surface area contributed by atoms with Crippen molar-refractivity contribution in [3.8, 4) is 11.4 Å². The molecule has 8 heteroatoms. The molecule has 1 aliphatic rings. The molecule has 0 saturated carbocycles. The van der Waals surface area contributed by atoms with E-state index < -0.39 is 0 Å². The molecule has 0 aliphatic carbocycles. The minimum Gasteiger partial charge on any atom is -0.497 e. The number of rotatable bonds is 8. The maximum absolute atomic E-state index is 13.3. The van der Waals surface area contributed by atoms with Gasteiger partial charge in [0.1, 0.15) is 11.6 Å². The van der Waals surface area contributed by atoms with Crippen LogP contribution in [0.5, 0.6) is 5.75 Å². The summed E-state index contributed by atoms with van der Waals surface area (Å²) in [7, 11) is 1.64. The van der Waals surface area contributed by atoms with Crippen molar-refractivity contribution in [2.24, 2.45) is 5.92 Å². The third kappa shape index (κ3) is 7.67. The zero-order valence-corrected chi connectivity index (χ0v) is 26.4. The number of aryl methyl sites for hydroxylation is 1. The van der Waals surface area contributed by atoms with E-state index in [0.29, 0.717) is 18.2 Å². The molecule has 2 heterocycles. The van der Waals surface area contributed by atoms with Gasteiger partial charge < -0.3 is 15.0 Å². The smallest absolute Gasteiger partial charge is 0.324 e. The molecule has 1 aliphatic heterocycles. The minimum atomic E-state index is -0.315. The number of anilines is 2. The third-order valence-corrected chi connectivity index (χ3v) is 8.25. The number of urea groups is 1. The van der Waals surface area contributed by atoms with Crippen molar-refractivity contribution in [2.45, 2.75) is 58.8 Å². The SMILES string of the molecule is COc1ccc(CC(=O)N2CCC(Cc3ccccc3NC(=O)Nc3cc(C(C)(C)C)nn3-c3ccc(C)cc3)CC2)cc1. The normalized spacial score (nSPS) is 13.9. The number of nitrogens with zero attached hydrogens (tertiary/aromatic N) is 3. The number of ether oxygens (including phenoxy) is 1. The largest absolute Gasteiger partial charge is 0.497 e. The van der Waals surface area contributed by atoms with Crippen molar-refractivity contribution in [2.75, 3.05) is 30.8 Å². The highest BCUT2D eigenvalue weighted by atomic mass is 16.5. The van der Waals surface area contributed by atoms with E-state index in [0.717, 1.165) is 71.9 Å². The predicted octanol–water partition coefficient (Wildman–Crippen LogP) is 7.15. The van der Waals surface area contributed by atoms with Crippen LogP contribution < -0.4 is 15.4 Å². The van der Waals surface area contributed by atoms with E-state index in [9.17, 15) is 9.59 Å². The van der Waals surface area contributed by atoms with Crippen LogP contribution in [0.3, 0.4) is 0 Å². The number of carbonyl (C=O) groups excluding carboxylic acids is 2. The van der Waals surface area contributed by atoms with E-state index in [1.165, 1.54) is 0 Å². The molecule has 3 amide bonds. The molecule has 230 valence electrons. The van der Waals surface area contributed by atoms with Gasteiger partial charge in [0.2, 0.25) is 5.91 Å². The molecular weight excluding hydrogens is 550 g/mol. The van der Waals surface area contributed by atoms with Gasteiger partial charge in [0.25, 0.3) is 0 Å². The Kier molecular flexibility index (Phi) is 9.37. The Bertz CT molecular complexity index is 1580. The Hall–Kier alpha value is -4.59. The number of nitrogens with one attached hydrogen (secondary N) is 2. The highest BCUT2D eigenvalue weighted by molar-refractivity contribution is 6.00. The molecule has 1 aromatic heterocycles. The first-order valence-corrected chi connectivity index (χ1v) is 15.3. The number of likely N-dealkylation sites (tertiary alicyclic amines) is 1. The number of hydrogen-bond donors (Lipinski definition) is 2. The fourth-order valence-electron chi connectivity index (χ4n) is 5.54. The summed E-state index contributed by atoms with van der Waals surface area (Å²) >= 11 is 0. The Balaban J connectivity index is 1.20. The van der Waals surface area contributed by atoms with Gasteiger partial charge in [-0.1, -0.05) is 68.8 Å². The van der Waals surface area contributed by atoms with E-state index in [4.69, 9.17) is 9.84 Å². The van der Waals surface area contributed by atoms with Gasteiger partial charge in [0.05, 0.1) is 24.9 Å². The summed E-state index contributed by atoms with van der Waals surface area (Å²) < 4.78 is 7.01. The lowest BCUT2D eigenvalue weighted by atomic mass is 9.89. The Labute approximate surface area is 260 Å². The van der Waals surface area contributed by atoms with Gasteiger partial charge in [-0.2, -0.15) is 5.10 Å². The van der Waals surface area contributed by atoms with Crippen LogP contribution >= 0.6 is 0 Å². The van der Waals surface area contributed by atoms with E-state index >= 15 is 0 Å². The zero-order valence-electron chi connectivity index (χ0n) is 26.4. The van der Waals surface area contributed by atoms with E-state index in [2.05, 4.69) is 37.5 Å². The average Bonchev–Trinajstić information content (AvgIpc) is 3.43. The fourth-order valence-corrected chi connectivity index (χ4v) is 5.54. The van der Waals surface area contributed by atoms with E-state index in [1.807, 2.05) is 84.6 Å². The molecular formula is C36H43N5O3. The lowest BCUT2D eigenvalue weighted by molar-refractivity contribution is -0.131. The first-order valence-electron chi connectivity index (χ1n) is 15.3. The lowest BCUT2D eigenvalue weighted by Gasteiger charge is -2.32. The summed E-state index contributed by atoms with van der Waals surface area (Å²) in [5, 5.41) is 10.9. The zero-order chi connectivity index (χ0) is 31.3. The second-order valence-corrected chi connectivity index (χ2v) is 12.7. The van der Waals surface area contributed by atoms with Gasteiger partial charge in [0.15, 0.2) is 0 Å². The van der Waals surface area contributed by atoms with E-state index in [1.54, 1.807) is 11.8 Å². The van der Waals surface area contributed by atoms with Crippen LogP contribution in [0.15, 0.2) is 78.9 Å². The molecule has 4 aromatic rings. The quantitative estimate of drug-likeness (QED) is 0.227. The highest BCUT2D eigenvalue weighted by Crippen LogP contribution is 2.28. The molecule has 1 saturated heterocycles. The van der Waals surface area contributed by atoms with Crippen molar-refractivity contribution in [3.63, 3.8) is 0 Å². The molecule has 44 heavy (non-hydrogen) atoms. The summed E-state index contributed by atoms with van der Waals surface area (Å²) in [5.74, 6) is 1.99. The van der Waals surface area contributed by atoms with Crippen LogP contribution in [-0.4, -0.2) is 46.8 Å². The minimum absolute atomic E-state index is 0.159. The van der Waals surface area contributed by atoms with Gasteiger partial charge in [-0.25, -0.2) is 9.48 Å². The van der Waals surface area contributed by atoms with Gasteiger partial charge >= 0.3 is 6.03 Å². The summed E-state index contributed by atoms with van der Waals surface area (Å²) in [5.41, 5.74) is 5.64. The van der Waals surface area contributed by atoms with Crippen molar-refractivity contribution < 1.29 is 14.3 Å². The number of benzene rings is 3. The van der Waals surface area contributed by atoms with Gasteiger partial charge in [0, 0.05) is 30.3 Å². The Morgan fingerprint density at radius 3 is 2.27 bits per heavy atom. The Morgan fingerprint density at radius 2 is 1.61 bits per heavy atom. The number of amides is 3. The average molecular weight is 594 g/mol. The van der Waals surface area contributed by atoms with E-state index in [-0.39, 0.29) is 17.4 Å². The standard InChI is InChI=1S/C36H43N5O3/c1-25-10-14-29(15-11-25)41-33(24-32(39-41)36(2,3)4)38-35(43)37-31-9-7-6-8-28(31)22-27-18-20-40(21-19-27)34(42)23-26-12-16-30(44-5)17-13-26/h6-17,24,27H,18-23H2,1-5H3,(H2,37,38,43). The molecule has 0 bridgehead atoms. The molecule has 0 unspecified atom stereocenters. The number of aromatic nitrogens is 2. The van der Waals surface area contributed by atoms with Crippen molar-refractivity contribution in [1.82, 2.24) is 14.7 Å². The van der Waals surface area contributed by atoms with Crippen molar-refractivity contribution in [1.29, 1.82) is 0 Å². The number of hydrogen-bond acceptors (Lipinski definition) is 4. The monoisotopic (exact) mass is 593 g/mol. The first kappa shape index (κ1) is 30.9. The van der Waals surface area contributed by atoms with Crippen LogP contribution in [0.1, 0.15) is 56.0 Å². The predicted molar refractivity (Wildman–Crippen MR) is 176 cm³/mol. The second kappa shape index (κ2) is 13.4. The van der Waals surface area contributed by atoms with Gasteiger partial charge in [-0.3, -0.25) is 10.1 Å². The molecule has 5 rings (SSSR count). The molecule has 3 aromatic carbocycles. The molecule has 0 spiro atoms. The summed E-state index contributed by atoms with van der Waals surface area (Å²) in [4.78, 5) is 28.2. The number of methoxy groups -OCH3 is 1. The van der Waals surface area contributed by atoms with Crippen LogP contribution in [-0.2, 0) is 23.1 Å². The molecule has 2 N–H and O–H groups in total. The summed E-state index contributed by atoms with van der Waals surface area (Å²) in [6.07, 6.45) is 3.10. The number of para-hydroxylation sites is 1. The van der Waals surface area contributed by atoms with Crippen LogP contribution in [0.2, 0.25) is 0 Å². The number of piperidine rings is 1. The summed E-state index contributed by atoms with van der Waals surface area (Å²) in [6.45, 7) is 9.86. The number of carbonyl (C=O) groups is 2. The molecule has 1 fully saturated rings. The Morgan fingerprint density at radius 1 is 0.932 bits per heavy atom. The molecule has 0 atom stereocenters. The van der Waals surface area contributed by atoms with Crippen molar-refractivity contribution >= 4 is 23.4 Å². The van der Waals surface area contributed by atoms with Gasteiger partial charge in [-0.05, 0) is 73.6 Å². The third-order valence-electron chi connectivity index (χ3n) is 8.25. The maximum Gasteiger partial charge on any atom is 0.324 e. The molecule has 8 nitrogen and oxygen atoms in total. The lowest BCUT2D eigenvalue weighted by Crippen LogP contribution is -2.39. The first-order chi connectivity index (χ1) is 21.1. The topological polar surface area (TPSA) is 88.5 Å². The van der Waals surface area contributed by atoms with Gasteiger partial charge in [-0.15, -0.1) is 0 Å². The second-order valence-electron chi connectivity index (χ2n) is 12.7. The highest BCUT2D eigenvalue weighted by Gasteiger charge is 2.25. The van der Waals surface area contributed by atoms with Crippen LogP contribution in [0.25, 0.3) is 5.69 Å². The molecule has 0 radical (unpaired) electrons. The fraction of sp³-hybridized carbons (Fsp3) is 0.361. The maximum atomic E-state index is 13.3. The van der Waals surface area contributed by atoms with Crippen LogP contribution in [0, 0.1) is 12.8 Å².